The highest BCUT2D eigenvalue weighted by molar-refractivity contribution is 7.17. The van der Waals surface area contributed by atoms with E-state index in [0.29, 0.717) is 32.6 Å². The Hall–Kier alpha value is -3.19. The fourth-order valence-electron chi connectivity index (χ4n) is 4.52. The predicted octanol–water partition coefficient (Wildman–Crippen LogP) is 5.07. The third-order valence-electron chi connectivity index (χ3n) is 6.68. The molecule has 14 heteroatoms. The Balaban J connectivity index is 1.19. The molecule has 208 valence electrons. The number of carbonyl (C=O) groups excluding carboxylic acids is 1. The summed E-state index contributed by atoms with van der Waals surface area (Å²) in [5.74, 6) is -0.731. The topological polar surface area (TPSA) is 75.9 Å². The van der Waals surface area contributed by atoms with E-state index in [9.17, 15) is 22.4 Å². The summed E-state index contributed by atoms with van der Waals surface area (Å²) in [6.45, 7) is 3.09. The number of halogens is 5. The van der Waals surface area contributed by atoms with Crippen LogP contribution in [0.25, 0.3) is 0 Å². The van der Waals surface area contributed by atoms with Crippen LogP contribution in [0.2, 0.25) is 5.02 Å². The summed E-state index contributed by atoms with van der Waals surface area (Å²) >= 11 is 7.57. The zero-order valence-electron chi connectivity index (χ0n) is 21.0. The number of carbonyl (C=O) groups is 1. The SMILES string of the molecule is Cc1cc(C(F)(F)F)nn1CC(=O)N1CCN(c2nc3c(s2)C(=NOCc2c(F)cccc2Cl)CCC3)CC1. The molecule has 0 atom stereocenters. The second-order valence-corrected chi connectivity index (χ2v) is 10.7. The molecule has 1 amide bonds. The number of oxime groups is 1. The minimum Gasteiger partial charge on any atom is -0.390 e. The van der Waals surface area contributed by atoms with Crippen LogP contribution in [-0.2, 0) is 35.4 Å². The van der Waals surface area contributed by atoms with Crippen molar-refractivity contribution in [1.29, 1.82) is 0 Å². The van der Waals surface area contributed by atoms with Crippen molar-refractivity contribution in [3.05, 3.63) is 62.6 Å². The van der Waals surface area contributed by atoms with Gasteiger partial charge >= 0.3 is 6.18 Å². The number of nitrogens with zero attached hydrogens (tertiary/aromatic N) is 6. The summed E-state index contributed by atoms with van der Waals surface area (Å²) in [5, 5.41) is 8.92. The van der Waals surface area contributed by atoms with E-state index in [1.165, 1.54) is 30.4 Å². The van der Waals surface area contributed by atoms with Crippen molar-refractivity contribution in [2.45, 2.75) is 45.5 Å². The number of fused-ring (bicyclic) bond motifs is 1. The second-order valence-electron chi connectivity index (χ2n) is 9.33. The van der Waals surface area contributed by atoms with E-state index in [0.717, 1.165) is 45.0 Å². The minimum atomic E-state index is -4.55. The van der Waals surface area contributed by atoms with Crippen LogP contribution in [0.3, 0.4) is 0 Å². The highest BCUT2D eigenvalue weighted by atomic mass is 35.5. The molecule has 0 spiro atoms. The average Bonchev–Trinajstić information content (AvgIpc) is 3.50. The van der Waals surface area contributed by atoms with Crippen molar-refractivity contribution < 1.29 is 27.2 Å². The second kappa shape index (κ2) is 11.1. The van der Waals surface area contributed by atoms with E-state index in [-0.39, 0.29) is 35.3 Å². The molecule has 2 aromatic heterocycles. The van der Waals surface area contributed by atoms with Crippen molar-refractivity contribution in [2.75, 3.05) is 31.1 Å². The van der Waals surface area contributed by atoms with E-state index in [1.54, 1.807) is 11.0 Å². The van der Waals surface area contributed by atoms with Gasteiger partial charge in [-0.15, -0.1) is 0 Å². The quantitative estimate of drug-likeness (QED) is 0.299. The number of anilines is 1. The Bertz CT molecular complexity index is 1380. The number of rotatable bonds is 6. The maximum absolute atomic E-state index is 14.0. The van der Waals surface area contributed by atoms with Crippen LogP contribution in [0.15, 0.2) is 29.4 Å². The van der Waals surface area contributed by atoms with Crippen LogP contribution < -0.4 is 4.90 Å². The summed E-state index contributed by atoms with van der Waals surface area (Å²) in [7, 11) is 0. The first kappa shape index (κ1) is 27.4. The fourth-order valence-corrected chi connectivity index (χ4v) is 5.91. The summed E-state index contributed by atoms with van der Waals surface area (Å²) in [4.78, 5) is 27.7. The number of hydrogen-bond donors (Lipinski definition) is 0. The highest BCUT2D eigenvalue weighted by Crippen LogP contribution is 2.33. The number of alkyl halides is 3. The number of benzene rings is 1. The molecule has 1 saturated heterocycles. The smallest absolute Gasteiger partial charge is 0.390 e. The lowest BCUT2D eigenvalue weighted by Crippen LogP contribution is -2.49. The van der Waals surface area contributed by atoms with Crippen LogP contribution in [-0.4, -0.2) is 57.5 Å². The third kappa shape index (κ3) is 6.03. The molecule has 1 aliphatic carbocycles. The van der Waals surface area contributed by atoms with E-state index < -0.39 is 17.7 Å². The molecule has 1 aromatic carbocycles. The zero-order chi connectivity index (χ0) is 27.7. The Labute approximate surface area is 230 Å². The van der Waals surface area contributed by atoms with Gasteiger partial charge in [-0.05, 0) is 44.4 Å². The highest BCUT2D eigenvalue weighted by Gasteiger charge is 2.35. The number of aryl methyl sites for hydroxylation is 2. The van der Waals surface area contributed by atoms with Crippen molar-refractivity contribution >= 4 is 39.7 Å². The minimum absolute atomic E-state index is 0.0818. The van der Waals surface area contributed by atoms with Gasteiger partial charge in [0.25, 0.3) is 0 Å². The van der Waals surface area contributed by atoms with Crippen LogP contribution in [0.1, 0.15) is 40.4 Å². The van der Waals surface area contributed by atoms with Gasteiger partial charge in [0, 0.05) is 37.4 Å². The van der Waals surface area contributed by atoms with Gasteiger partial charge in [-0.3, -0.25) is 9.48 Å². The van der Waals surface area contributed by atoms with Gasteiger partial charge in [0.2, 0.25) is 5.91 Å². The molecule has 0 N–H and O–H groups in total. The van der Waals surface area contributed by atoms with Crippen molar-refractivity contribution in [1.82, 2.24) is 19.7 Å². The number of aromatic nitrogens is 3. The Morgan fingerprint density at radius 1 is 1.21 bits per heavy atom. The Morgan fingerprint density at radius 3 is 2.67 bits per heavy atom. The third-order valence-corrected chi connectivity index (χ3v) is 8.24. The standard InChI is InChI=1S/C25H25ClF4N6O2S/c1-15-12-21(25(28,29)30)32-36(15)13-22(37)34-8-10-35(11-9-34)24-31-19-6-3-7-20(23(19)39-24)33-38-14-16-17(26)4-2-5-18(16)27/h2,4-5,12H,3,6-11,13-14H2,1H3. The fraction of sp³-hybridized carbons (Fsp3) is 0.440. The molecular formula is C25H25ClF4N6O2S. The van der Waals surface area contributed by atoms with Gasteiger partial charge in [-0.25, -0.2) is 9.37 Å². The molecule has 3 heterocycles. The zero-order valence-corrected chi connectivity index (χ0v) is 22.5. The number of hydrogen-bond acceptors (Lipinski definition) is 7. The van der Waals surface area contributed by atoms with Crippen LogP contribution in [0.5, 0.6) is 0 Å². The van der Waals surface area contributed by atoms with E-state index in [1.807, 2.05) is 0 Å². The lowest BCUT2D eigenvalue weighted by molar-refractivity contribution is -0.142. The molecular weight excluding hydrogens is 560 g/mol. The summed E-state index contributed by atoms with van der Waals surface area (Å²) < 4.78 is 53.9. The van der Waals surface area contributed by atoms with Gasteiger partial charge < -0.3 is 14.6 Å². The Kier molecular flexibility index (Phi) is 7.81. The van der Waals surface area contributed by atoms with Gasteiger partial charge in [-0.2, -0.15) is 18.3 Å². The van der Waals surface area contributed by atoms with Crippen LogP contribution in [0.4, 0.5) is 22.7 Å². The first-order valence-corrected chi connectivity index (χ1v) is 13.6. The van der Waals surface area contributed by atoms with Gasteiger partial charge in [0.05, 0.1) is 21.3 Å². The van der Waals surface area contributed by atoms with Gasteiger partial charge in [-0.1, -0.05) is 34.2 Å². The molecule has 39 heavy (non-hydrogen) atoms. The van der Waals surface area contributed by atoms with Crippen molar-refractivity contribution in [3.63, 3.8) is 0 Å². The number of piperazine rings is 1. The predicted molar refractivity (Wildman–Crippen MR) is 139 cm³/mol. The molecule has 0 bridgehead atoms. The number of thiazole rings is 1. The lowest BCUT2D eigenvalue weighted by atomic mass is 10.0. The molecule has 5 rings (SSSR count). The van der Waals surface area contributed by atoms with Crippen molar-refractivity contribution in [2.24, 2.45) is 5.16 Å². The molecule has 1 fully saturated rings. The normalized spacial score (nSPS) is 17.0. The van der Waals surface area contributed by atoms with Crippen molar-refractivity contribution in [3.8, 4) is 0 Å². The van der Waals surface area contributed by atoms with Crippen LogP contribution >= 0.6 is 22.9 Å². The summed E-state index contributed by atoms with van der Waals surface area (Å²) in [5.41, 5.74) is 1.21. The first-order chi connectivity index (χ1) is 18.6. The summed E-state index contributed by atoms with van der Waals surface area (Å²) in [6.07, 6.45) is -2.16. The van der Waals surface area contributed by atoms with Gasteiger partial charge in [0.15, 0.2) is 10.8 Å². The molecule has 8 nitrogen and oxygen atoms in total. The molecule has 2 aliphatic rings. The van der Waals surface area contributed by atoms with E-state index in [4.69, 9.17) is 21.4 Å². The molecule has 3 aromatic rings. The molecule has 0 radical (unpaired) electrons. The number of amides is 1. The average molecular weight is 585 g/mol. The molecule has 0 saturated carbocycles. The molecule has 0 unspecified atom stereocenters. The lowest BCUT2D eigenvalue weighted by Gasteiger charge is -2.34. The molecule has 1 aliphatic heterocycles. The maximum atomic E-state index is 14.0. The monoisotopic (exact) mass is 584 g/mol. The largest absolute Gasteiger partial charge is 0.435 e. The van der Waals surface area contributed by atoms with E-state index in [2.05, 4.69) is 15.2 Å². The van der Waals surface area contributed by atoms with Crippen LogP contribution in [0, 0.1) is 12.7 Å². The Morgan fingerprint density at radius 2 is 1.97 bits per heavy atom. The first-order valence-electron chi connectivity index (χ1n) is 12.4. The summed E-state index contributed by atoms with van der Waals surface area (Å²) in [6, 6.07) is 5.39. The van der Waals surface area contributed by atoms with E-state index >= 15 is 0 Å². The maximum Gasteiger partial charge on any atom is 0.435 e. The van der Waals surface area contributed by atoms with Gasteiger partial charge in [0.1, 0.15) is 19.0 Å².